The summed E-state index contributed by atoms with van der Waals surface area (Å²) < 4.78 is 17.7. The number of benzene rings is 2. The summed E-state index contributed by atoms with van der Waals surface area (Å²) in [5, 5.41) is 3.27. The Balaban J connectivity index is 1.79. The van der Waals surface area contributed by atoms with Crippen LogP contribution in [-0.2, 0) is 20.7 Å². The summed E-state index contributed by atoms with van der Waals surface area (Å²) in [6.07, 6.45) is -0.0202. The number of rotatable bonds is 6. The molecule has 0 heterocycles. The zero-order chi connectivity index (χ0) is 17.5. The molecule has 1 atom stereocenters. The summed E-state index contributed by atoms with van der Waals surface area (Å²) in [6, 6.07) is 12.4. The molecular weight excluding hydrogens is 333 g/mol. The van der Waals surface area contributed by atoms with Crippen molar-refractivity contribution < 1.29 is 18.7 Å². The van der Waals surface area contributed by atoms with Gasteiger partial charge in [-0.25, -0.2) is 4.39 Å². The Bertz CT molecular complexity index is 718. The van der Waals surface area contributed by atoms with E-state index in [0.717, 1.165) is 5.56 Å². The Morgan fingerprint density at radius 3 is 2.50 bits per heavy atom. The lowest BCUT2D eigenvalue weighted by atomic mass is 10.1. The molecule has 2 aromatic carbocycles. The highest BCUT2D eigenvalue weighted by Crippen LogP contribution is 2.21. The second kappa shape index (κ2) is 8.45. The van der Waals surface area contributed by atoms with Crippen LogP contribution in [0.15, 0.2) is 48.5 Å². The van der Waals surface area contributed by atoms with E-state index in [0.29, 0.717) is 10.6 Å². The van der Waals surface area contributed by atoms with Crippen molar-refractivity contribution in [2.75, 3.05) is 6.61 Å². The molecule has 1 N–H and O–H groups in total. The molecule has 0 unspecified atom stereocenters. The molecule has 1 amide bonds. The number of ether oxygens (including phenoxy) is 1. The maximum atomic E-state index is 12.8. The molecule has 24 heavy (non-hydrogen) atoms. The number of esters is 1. The van der Waals surface area contributed by atoms with Crippen LogP contribution < -0.4 is 5.32 Å². The third-order valence-electron chi connectivity index (χ3n) is 3.38. The fraction of sp³-hybridized carbons (Fsp3) is 0.222. The van der Waals surface area contributed by atoms with E-state index in [-0.39, 0.29) is 24.9 Å². The maximum absolute atomic E-state index is 12.8. The van der Waals surface area contributed by atoms with Crippen molar-refractivity contribution in [1.29, 1.82) is 0 Å². The van der Waals surface area contributed by atoms with Gasteiger partial charge in [0.1, 0.15) is 5.82 Å². The molecule has 0 spiro atoms. The van der Waals surface area contributed by atoms with E-state index in [1.165, 1.54) is 24.3 Å². The van der Waals surface area contributed by atoms with Gasteiger partial charge in [-0.15, -0.1) is 0 Å². The quantitative estimate of drug-likeness (QED) is 0.813. The number of carbonyl (C=O) groups is 2. The Kier molecular flexibility index (Phi) is 6.32. The Morgan fingerprint density at radius 2 is 1.83 bits per heavy atom. The molecule has 0 fully saturated rings. The van der Waals surface area contributed by atoms with Crippen LogP contribution in [0.25, 0.3) is 0 Å². The topological polar surface area (TPSA) is 55.4 Å². The second-order valence-corrected chi connectivity index (χ2v) is 5.68. The highest BCUT2D eigenvalue weighted by atomic mass is 35.5. The van der Waals surface area contributed by atoms with Crippen LogP contribution in [0.1, 0.15) is 24.1 Å². The number of amides is 1. The number of nitrogens with one attached hydrogen (secondary N) is 1. The number of halogens is 2. The van der Waals surface area contributed by atoms with Gasteiger partial charge >= 0.3 is 5.97 Å². The van der Waals surface area contributed by atoms with E-state index in [1.54, 1.807) is 19.1 Å². The molecule has 0 aliphatic carbocycles. The molecule has 6 heteroatoms. The van der Waals surface area contributed by atoms with Gasteiger partial charge in [0, 0.05) is 5.02 Å². The van der Waals surface area contributed by atoms with Crippen molar-refractivity contribution in [3.05, 3.63) is 70.5 Å². The van der Waals surface area contributed by atoms with Crippen molar-refractivity contribution in [2.24, 2.45) is 0 Å². The number of hydrogen-bond acceptors (Lipinski definition) is 3. The average molecular weight is 350 g/mol. The zero-order valence-corrected chi connectivity index (χ0v) is 13.8. The van der Waals surface area contributed by atoms with Crippen molar-refractivity contribution in [3.8, 4) is 0 Å². The van der Waals surface area contributed by atoms with Crippen molar-refractivity contribution >= 4 is 23.5 Å². The molecule has 0 radical (unpaired) electrons. The molecule has 0 aliphatic heterocycles. The fourth-order valence-corrected chi connectivity index (χ4v) is 2.45. The third-order valence-corrected chi connectivity index (χ3v) is 3.72. The average Bonchev–Trinajstić information content (AvgIpc) is 2.55. The molecule has 0 saturated carbocycles. The van der Waals surface area contributed by atoms with Gasteiger partial charge in [-0.3, -0.25) is 9.59 Å². The molecule has 0 bridgehead atoms. The van der Waals surface area contributed by atoms with E-state index in [4.69, 9.17) is 16.3 Å². The Labute approximate surface area is 144 Å². The Hall–Kier alpha value is -2.40. The van der Waals surface area contributed by atoms with Gasteiger partial charge in [-0.05, 0) is 36.2 Å². The van der Waals surface area contributed by atoms with Crippen LogP contribution in [0.3, 0.4) is 0 Å². The second-order valence-electron chi connectivity index (χ2n) is 5.27. The first-order valence-corrected chi connectivity index (χ1v) is 7.77. The van der Waals surface area contributed by atoms with Gasteiger partial charge in [0.25, 0.3) is 5.91 Å². The molecule has 2 aromatic rings. The lowest BCUT2D eigenvalue weighted by Crippen LogP contribution is -2.31. The monoisotopic (exact) mass is 349 g/mol. The normalized spacial score (nSPS) is 11.6. The van der Waals surface area contributed by atoms with Crippen LogP contribution >= 0.6 is 11.6 Å². The largest absolute Gasteiger partial charge is 0.455 e. The summed E-state index contributed by atoms with van der Waals surface area (Å²) in [4.78, 5) is 23.6. The van der Waals surface area contributed by atoms with Crippen LogP contribution in [0, 0.1) is 5.82 Å². The van der Waals surface area contributed by atoms with Crippen LogP contribution in [0.5, 0.6) is 0 Å². The fourth-order valence-electron chi connectivity index (χ4n) is 2.15. The zero-order valence-electron chi connectivity index (χ0n) is 13.1. The van der Waals surface area contributed by atoms with Crippen LogP contribution in [0.4, 0.5) is 4.39 Å². The third kappa shape index (κ3) is 5.35. The number of carbonyl (C=O) groups excluding carboxylic acids is 2. The first kappa shape index (κ1) is 17.9. The summed E-state index contributed by atoms with van der Waals surface area (Å²) in [5.41, 5.74) is 1.40. The lowest BCUT2D eigenvalue weighted by molar-refractivity contribution is -0.148. The van der Waals surface area contributed by atoms with E-state index in [9.17, 15) is 14.0 Å². The predicted octanol–water partition coefficient (Wildman–Crippen LogP) is 3.44. The highest BCUT2D eigenvalue weighted by molar-refractivity contribution is 6.31. The summed E-state index contributed by atoms with van der Waals surface area (Å²) in [6.45, 7) is 1.41. The van der Waals surface area contributed by atoms with Gasteiger partial charge < -0.3 is 10.1 Å². The van der Waals surface area contributed by atoms with E-state index in [1.807, 2.05) is 12.1 Å². The SMILES string of the molecule is C[C@@H](NC(=O)COC(=O)Cc1ccc(F)cc1)c1ccccc1Cl. The van der Waals surface area contributed by atoms with Crippen molar-refractivity contribution in [1.82, 2.24) is 5.32 Å². The molecule has 2 rings (SSSR count). The molecule has 126 valence electrons. The van der Waals surface area contributed by atoms with E-state index in [2.05, 4.69) is 5.32 Å². The lowest BCUT2D eigenvalue weighted by Gasteiger charge is -2.15. The van der Waals surface area contributed by atoms with Crippen LogP contribution in [-0.4, -0.2) is 18.5 Å². The van der Waals surface area contributed by atoms with Gasteiger partial charge in [-0.1, -0.05) is 41.9 Å². The van der Waals surface area contributed by atoms with E-state index >= 15 is 0 Å². The first-order valence-electron chi connectivity index (χ1n) is 7.39. The first-order chi connectivity index (χ1) is 11.5. The van der Waals surface area contributed by atoms with Crippen molar-refractivity contribution in [3.63, 3.8) is 0 Å². The Morgan fingerprint density at radius 1 is 1.17 bits per heavy atom. The minimum Gasteiger partial charge on any atom is -0.455 e. The molecular formula is C18H17ClFNO3. The van der Waals surface area contributed by atoms with Gasteiger partial charge in [0.15, 0.2) is 6.61 Å². The summed E-state index contributed by atoms with van der Waals surface area (Å²) in [7, 11) is 0. The molecule has 0 saturated heterocycles. The van der Waals surface area contributed by atoms with Gasteiger partial charge in [0.2, 0.25) is 0 Å². The molecule has 0 aliphatic rings. The molecule has 4 nitrogen and oxygen atoms in total. The minimum absolute atomic E-state index is 0.0202. The minimum atomic E-state index is -0.554. The van der Waals surface area contributed by atoms with Crippen LogP contribution in [0.2, 0.25) is 5.02 Å². The number of hydrogen-bond donors (Lipinski definition) is 1. The maximum Gasteiger partial charge on any atom is 0.310 e. The van der Waals surface area contributed by atoms with Gasteiger partial charge in [0.05, 0.1) is 12.5 Å². The molecule has 0 aromatic heterocycles. The smallest absolute Gasteiger partial charge is 0.310 e. The highest BCUT2D eigenvalue weighted by Gasteiger charge is 2.14. The summed E-state index contributed by atoms with van der Waals surface area (Å²) in [5.74, 6) is -1.35. The standard InChI is InChI=1S/C18H17ClFNO3/c1-12(15-4-2-3-5-16(15)19)21-17(22)11-24-18(23)10-13-6-8-14(20)9-7-13/h2-9,12H,10-11H2,1H3,(H,21,22)/t12-/m1/s1. The summed E-state index contributed by atoms with van der Waals surface area (Å²) >= 11 is 6.07. The van der Waals surface area contributed by atoms with E-state index < -0.39 is 11.9 Å². The van der Waals surface area contributed by atoms with Crippen molar-refractivity contribution in [2.45, 2.75) is 19.4 Å². The predicted molar refractivity (Wildman–Crippen MR) is 89.1 cm³/mol. The van der Waals surface area contributed by atoms with Gasteiger partial charge in [-0.2, -0.15) is 0 Å².